The van der Waals surface area contributed by atoms with E-state index in [-0.39, 0.29) is 5.41 Å². The van der Waals surface area contributed by atoms with E-state index >= 15 is 0 Å². The molecular weight excluding hydrogens is 244 g/mol. The molecule has 106 valence electrons. The van der Waals surface area contributed by atoms with Gasteiger partial charge in [0.05, 0.1) is 0 Å². The van der Waals surface area contributed by atoms with Crippen LogP contribution in [0.4, 0.5) is 0 Å². The van der Waals surface area contributed by atoms with Gasteiger partial charge in [0.25, 0.3) is 0 Å². The van der Waals surface area contributed by atoms with Crippen LogP contribution in [-0.4, -0.2) is 18.1 Å². The average molecular weight is 268 g/mol. The molecule has 2 heteroatoms. The van der Waals surface area contributed by atoms with Gasteiger partial charge in [0.2, 0.25) is 0 Å². The number of hydrogen-bond donors (Lipinski definition) is 1. The Kier molecular flexibility index (Phi) is 5.31. The minimum absolute atomic E-state index is 0.0774. The number of hydrogen-bond acceptors (Lipinski definition) is 2. The fraction of sp³-hybridized carbons (Fsp3) is 0.389. The fourth-order valence-corrected chi connectivity index (χ4v) is 2.32. The van der Waals surface area contributed by atoms with Crippen LogP contribution in [0.1, 0.15) is 31.5 Å². The van der Waals surface area contributed by atoms with Crippen LogP contribution in [-0.2, 0) is 11.8 Å². The number of aromatic nitrogens is 1. The lowest BCUT2D eigenvalue weighted by atomic mass is 9.88. The lowest BCUT2D eigenvalue weighted by Crippen LogP contribution is -2.34. The summed E-state index contributed by atoms with van der Waals surface area (Å²) in [5, 5.41) is 3.55. The molecule has 1 heterocycles. The maximum atomic E-state index is 4.46. The topological polar surface area (TPSA) is 24.9 Å². The lowest BCUT2D eigenvalue weighted by Gasteiger charge is -2.24. The first kappa shape index (κ1) is 14.7. The predicted molar refractivity (Wildman–Crippen MR) is 84.9 cm³/mol. The maximum absolute atomic E-state index is 4.46. The van der Waals surface area contributed by atoms with E-state index < -0.39 is 0 Å². The molecule has 2 nitrogen and oxygen atoms in total. The molecule has 0 spiro atoms. The fourth-order valence-electron chi connectivity index (χ4n) is 2.32. The molecule has 0 unspecified atom stereocenters. The van der Waals surface area contributed by atoms with Crippen molar-refractivity contribution in [2.24, 2.45) is 0 Å². The molecule has 1 aromatic heterocycles. The Morgan fingerprint density at radius 1 is 1.00 bits per heavy atom. The van der Waals surface area contributed by atoms with Crippen LogP contribution >= 0.6 is 0 Å². The Morgan fingerprint density at radius 2 is 1.75 bits per heavy atom. The number of rotatable bonds is 7. The van der Waals surface area contributed by atoms with E-state index in [9.17, 15) is 0 Å². The number of nitrogens with zero attached hydrogens (tertiary/aromatic N) is 1. The van der Waals surface area contributed by atoms with E-state index in [0.717, 1.165) is 25.2 Å². The van der Waals surface area contributed by atoms with E-state index in [4.69, 9.17) is 0 Å². The van der Waals surface area contributed by atoms with Gasteiger partial charge in [-0.15, -0.1) is 0 Å². The highest BCUT2D eigenvalue weighted by Gasteiger charge is 2.20. The Balaban J connectivity index is 1.70. The molecule has 1 aromatic carbocycles. The summed E-state index contributed by atoms with van der Waals surface area (Å²) in [6.07, 6.45) is 4.17. The third kappa shape index (κ3) is 4.46. The predicted octanol–water partition coefficient (Wildman–Crippen LogP) is 3.58. The molecule has 1 N–H and O–H groups in total. The second-order valence-electron chi connectivity index (χ2n) is 5.86. The van der Waals surface area contributed by atoms with Gasteiger partial charge in [-0.2, -0.15) is 0 Å². The number of pyridine rings is 1. The summed E-state index contributed by atoms with van der Waals surface area (Å²) in [6.45, 7) is 6.48. The summed E-state index contributed by atoms with van der Waals surface area (Å²) < 4.78 is 0. The van der Waals surface area contributed by atoms with Crippen LogP contribution in [0.15, 0.2) is 54.7 Å². The summed E-state index contributed by atoms with van der Waals surface area (Å²) in [5.74, 6) is 0. The summed E-state index contributed by atoms with van der Waals surface area (Å²) in [6, 6.07) is 16.8. The maximum Gasteiger partial charge on any atom is 0.0472 e. The van der Waals surface area contributed by atoms with Crippen molar-refractivity contribution >= 4 is 0 Å². The molecule has 0 bridgehead atoms. The first-order chi connectivity index (χ1) is 9.68. The van der Waals surface area contributed by atoms with Crippen molar-refractivity contribution in [3.8, 4) is 0 Å². The molecular formula is C18H24N2. The second kappa shape index (κ2) is 7.20. The second-order valence-corrected chi connectivity index (χ2v) is 5.86. The molecule has 0 saturated carbocycles. The molecule has 0 aliphatic rings. The van der Waals surface area contributed by atoms with Gasteiger partial charge in [-0.3, -0.25) is 4.98 Å². The third-order valence-electron chi connectivity index (χ3n) is 3.59. The van der Waals surface area contributed by atoms with Crippen molar-refractivity contribution in [2.45, 2.75) is 32.1 Å². The highest BCUT2D eigenvalue weighted by atomic mass is 14.9. The minimum Gasteiger partial charge on any atom is -0.316 e. The molecule has 0 aliphatic carbocycles. The molecule has 2 aromatic rings. The Hall–Kier alpha value is -1.67. The van der Waals surface area contributed by atoms with Crippen LogP contribution in [0, 0.1) is 0 Å². The van der Waals surface area contributed by atoms with Crippen LogP contribution in [0.25, 0.3) is 0 Å². The van der Waals surface area contributed by atoms with E-state index in [1.165, 1.54) is 12.0 Å². The molecule has 2 rings (SSSR count). The summed E-state index contributed by atoms with van der Waals surface area (Å²) in [5.41, 5.74) is 2.64. The largest absolute Gasteiger partial charge is 0.316 e. The Bertz CT molecular complexity index is 491. The van der Waals surface area contributed by atoms with E-state index in [0.29, 0.717) is 0 Å². The lowest BCUT2D eigenvalue weighted by molar-refractivity contribution is 0.455. The van der Waals surface area contributed by atoms with Crippen LogP contribution in [0.5, 0.6) is 0 Å². The van der Waals surface area contributed by atoms with Crippen molar-refractivity contribution in [1.82, 2.24) is 10.3 Å². The summed E-state index contributed by atoms with van der Waals surface area (Å²) in [7, 11) is 0. The zero-order chi connectivity index (χ0) is 14.3. The highest BCUT2D eigenvalue weighted by molar-refractivity contribution is 5.15. The standard InChI is InChI=1S/C18H24N2/c1-18(2,17-12-6-7-14-20-17)15-19-13-8-11-16-9-4-3-5-10-16/h3-7,9-10,12,14,19H,8,11,13,15H2,1-2H3. The zero-order valence-corrected chi connectivity index (χ0v) is 12.5. The molecule has 0 aliphatic heterocycles. The van der Waals surface area contributed by atoms with E-state index in [1.807, 2.05) is 12.3 Å². The number of nitrogens with one attached hydrogen (secondary N) is 1. The zero-order valence-electron chi connectivity index (χ0n) is 12.5. The highest BCUT2D eigenvalue weighted by Crippen LogP contribution is 2.19. The normalized spacial score (nSPS) is 11.5. The van der Waals surface area contributed by atoms with E-state index in [2.05, 4.69) is 66.6 Å². The number of aryl methyl sites for hydroxylation is 1. The first-order valence-electron chi connectivity index (χ1n) is 7.35. The van der Waals surface area contributed by atoms with Crippen LogP contribution in [0.2, 0.25) is 0 Å². The van der Waals surface area contributed by atoms with Gasteiger partial charge in [-0.25, -0.2) is 0 Å². The number of benzene rings is 1. The van der Waals surface area contributed by atoms with E-state index in [1.54, 1.807) is 0 Å². The van der Waals surface area contributed by atoms with Crippen molar-refractivity contribution in [3.05, 3.63) is 66.0 Å². The molecule has 0 saturated heterocycles. The van der Waals surface area contributed by atoms with Gasteiger partial charge in [0.15, 0.2) is 0 Å². The van der Waals surface area contributed by atoms with Gasteiger partial charge < -0.3 is 5.32 Å². The molecule has 0 fully saturated rings. The SMILES string of the molecule is CC(C)(CNCCCc1ccccc1)c1ccccn1. The Labute approximate surface area is 122 Å². The van der Waals surface area contributed by atoms with Gasteiger partial charge in [0, 0.05) is 23.9 Å². The minimum atomic E-state index is 0.0774. The van der Waals surface area contributed by atoms with Crippen molar-refractivity contribution < 1.29 is 0 Å². The van der Waals surface area contributed by atoms with Crippen molar-refractivity contribution in [1.29, 1.82) is 0 Å². The molecule has 20 heavy (non-hydrogen) atoms. The monoisotopic (exact) mass is 268 g/mol. The third-order valence-corrected chi connectivity index (χ3v) is 3.59. The molecule has 0 atom stereocenters. The molecule has 0 radical (unpaired) electrons. The van der Waals surface area contributed by atoms with Crippen LogP contribution < -0.4 is 5.32 Å². The first-order valence-corrected chi connectivity index (χ1v) is 7.35. The summed E-state index contributed by atoms with van der Waals surface area (Å²) >= 11 is 0. The summed E-state index contributed by atoms with van der Waals surface area (Å²) in [4.78, 5) is 4.46. The van der Waals surface area contributed by atoms with Gasteiger partial charge in [0.1, 0.15) is 0 Å². The smallest absolute Gasteiger partial charge is 0.0472 e. The molecule has 0 amide bonds. The van der Waals surface area contributed by atoms with Gasteiger partial charge >= 0.3 is 0 Å². The van der Waals surface area contributed by atoms with Gasteiger partial charge in [-0.05, 0) is 37.1 Å². The Morgan fingerprint density at radius 3 is 2.45 bits per heavy atom. The van der Waals surface area contributed by atoms with Crippen molar-refractivity contribution in [2.75, 3.05) is 13.1 Å². The van der Waals surface area contributed by atoms with Crippen LogP contribution in [0.3, 0.4) is 0 Å². The quantitative estimate of drug-likeness (QED) is 0.776. The average Bonchev–Trinajstić information content (AvgIpc) is 2.49. The van der Waals surface area contributed by atoms with Gasteiger partial charge in [-0.1, -0.05) is 50.2 Å². The van der Waals surface area contributed by atoms with Crippen molar-refractivity contribution in [3.63, 3.8) is 0 Å².